The standard InChI is InChI=1S/C14H19NO2/c1-3-14(13(16)17-2)8-9-15-12-7-5-4-6-11(12)10-14/h4-7,15H,3,8-10H2,1-2H3. The smallest absolute Gasteiger partial charge is 0.312 e. The summed E-state index contributed by atoms with van der Waals surface area (Å²) in [6.07, 6.45) is 2.40. The van der Waals surface area contributed by atoms with Crippen molar-refractivity contribution in [2.24, 2.45) is 5.41 Å². The molecule has 1 aromatic carbocycles. The number of hydrogen-bond acceptors (Lipinski definition) is 3. The highest BCUT2D eigenvalue weighted by Gasteiger charge is 2.39. The Morgan fingerprint density at radius 1 is 1.47 bits per heavy atom. The zero-order valence-electron chi connectivity index (χ0n) is 10.5. The summed E-state index contributed by atoms with van der Waals surface area (Å²) in [5.74, 6) is -0.0847. The van der Waals surface area contributed by atoms with Crippen molar-refractivity contribution in [3.63, 3.8) is 0 Å². The molecule has 0 fully saturated rings. The predicted molar refractivity (Wildman–Crippen MR) is 68.0 cm³/mol. The van der Waals surface area contributed by atoms with Crippen molar-refractivity contribution in [1.82, 2.24) is 0 Å². The third kappa shape index (κ3) is 2.14. The van der Waals surface area contributed by atoms with Crippen LogP contribution in [0.15, 0.2) is 24.3 Å². The van der Waals surface area contributed by atoms with Crippen molar-refractivity contribution < 1.29 is 9.53 Å². The molecule has 17 heavy (non-hydrogen) atoms. The molecule has 1 aliphatic rings. The van der Waals surface area contributed by atoms with Crippen LogP contribution in [0.3, 0.4) is 0 Å². The zero-order chi connectivity index (χ0) is 12.3. The zero-order valence-corrected chi connectivity index (χ0v) is 10.5. The number of hydrogen-bond donors (Lipinski definition) is 1. The Bertz CT molecular complexity index is 416. The summed E-state index contributed by atoms with van der Waals surface area (Å²) in [5.41, 5.74) is 1.98. The van der Waals surface area contributed by atoms with E-state index >= 15 is 0 Å². The van der Waals surface area contributed by atoms with Crippen LogP contribution in [0, 0.1) is 5.41 Å². The second kappa shape index (κ2) is 4.78. The molecule has 1 N–H and O–H groups in total. The molecule has 0 saturated carbocycles. The molecule has 0 radical (unpaired) electrons. The van der Waals surface area contributed by atoms with Crippen LogP contribution in [-0.2, 0) is 16.0 Å². The van der Waals surface area contributed by atoms with Crippen molar-refractivity contribution in [2.45, 2.75) is 26.2 Å². The highest BCUT2D eigenvalue weighted by Crippen LogP contribution is 2.37. The van der Waals surface area contributed by atoms with Gasteiger partial charge in [-0.05, 0) is 30.9 Å². The molecule has 0 aromatic heterocycles. The lowest BCUT2D eigenvalue weighted by Crippen LogP contribution is -2.34. The van der Waals surface area contributed by atoms with Gasteiger partial charge in [-0.1, -0.05) is 25.1 Å². The lowest BCUT2D eigenvalue weighted by molar-refractivity contribution is -0.153. The molecule has 1 aromatic rings. The van der Waals surface area contributed by atoms with Gasteiger partial charge >= 0.3 is 5.97 Å². The fourth-order valence-electron chi connectivity index (χ4n) is 2.57. The van der Waals surface area contributed by atoms with Crippen LogP contribution < -0.4 is 5.32 Å². The van der Waals surface area contributed by atoms with Gasteiger partial charge in [-0.15, -0.1) is 0 Å². The molecular weight excluding hydrogens is 214 g/mol. The second-order valence-electron chi connectivity index (χ2n) is 4.64. The number of anilines is 1. The third-order valence-corrected chi connectivity index (χ3v) is 3.76. The number of esters is 1. The van der Waals surface area contributed by atoms with Crippen molar-refractivity contribution in [2.75, 3.05) is 19.0 Å². The number of carbonyl (C=O) groups excluding carboxylic acids is 1. The Balaban J connectivity index is 2.36. The monoisotopic (exact) mass is 233 g/mol. The van der Waals surface area contributed by atoms with Gasteiger partial charge in [0, 0.05) is 12.2 Å². The minimum atomic E-state index is -0.367. The first-order valence-electron chi connectivity index (χ1n) is 6.12. The van der Waals surface area contributed by atoms with E-state index in [-0.39, 0.29) is 11.4 Å². The number of carbonyl (C=O) groups is 1. The first-order chi connectivity index (χ1) is 8.22. The van der Waals surface area contributed by atoms with Crippen LogP contribution in [0.1, 0.15) is 25.3 Å². The largest absolute Gasteiger partial charge is 0.469 e. The quantitative estimate of drug-likeness (QED) is 0.798. The second-order valence-corrected chi connectivity index (χ2v) is 4.64. The van der Waals surface area contributed by atoms with E-state index in [0.29, 0.717) is 0 Å². The Morgan fingerprint density at radius 3 is 2.94 bits per heavy atom. The van der Waals surface area contributed by atoms with Crippen LogP contribution in [0.5, 0.6) is 0 Å². The van der Waals surface area contributed by atoms with Gasteiger partial charge < -0.3 is 10.1 Å². The van der Waals surface area contributed by atoms with Gasteiger partial charge in [0.25, 0.3) is 0 Å². The lowest BCUT2D eigenvalue weighted by atomic mass is 9.77. The van der Waals surface area contributed by atoms with E-state index < -0.39 is 0 Å². The van der Waals surface area contributed by atoms with E-state index in [1.165, 1.54) is 12.7 Å². The molecule has 0 amide bonds. The van der Waals surface area contributed by atoms with E-state index in [2.05, 4.69) is 24.4 Å². The summed E-state index contributed by atoms with van der Waals surface area (Å²) in [7, 11) is 1.48. The molecule has 0 bridgehead atoms. The van der Waals surface area contributed by atoms with Gasteiger partial charge in [0.05, 0.1) is 12.5 Å². The predicted octanol–water partition coefficient (Wildman–Crippen LogP) is 2.61. The summed E-state index contributed by atoms with van der Waals surface area (Å²) >= 11 is 0. The van der Waals surface area contributed by atoms with E-state index in [1.807, 2.05) is 12.1 Å². The summed E-state index contributed by atoms with van der Waals surface area (Å²) in [6.45, 7) is 2.88. The number of ether oxygens (including phenoxy) is 1. The van der Waals surface area contributed by atoms with Crippen LogP contribution in [0.4, 0.5) is 5.69 Å². The fraction of sp³-hybridized carbons (Fsp3) is 0.500. The summed E-state index contributed by atoms with van der Waals surface area (Å²) in [6, 6.07) is 8.19. The molecule has 3 heteroatoms. The number of fused-ring (bicyclic) bond motifs is 1. The summed E-state index contributed by atoms with van der Waals surface area (Å²) < 4.78 is 4.99. The summed E-state index contributed by atoms with van der Waals surface area (Å²) in [4.78, 5) is 12.0. The maximum absolute atomic E-state index is 12.0. The summed E-state index contributed by atoms with van der Waals surface area (Å²) in [5, 5.41) is 3.39. The Morgan fingerprint density at radius 2 is 2.24 bits per heavy atom. The van der Waals surface area contributed by atoms with Crippen molar-refractivity contribution in [3.8, 4) is 0 Å². The van der Waals surface area contributed by atoms with Crippen molar-refractivity contribution in [1.29, 1.82) is 0 Å². The van der Waals surface area contributed by atoms with Crippen LogP contribution in [0.2, 0.25) is 0 Å². The highest BCUT2D eigenvalue weighted by atomic mass is 16.5. The molecule has 3 nitrogen and oxygen atoms in total. The van der Waals surface area contributed by atoms with Crippen LogP contribution in [0.25, 0.3) is 0 Å². The van der Waals surface area contributed by atoms with Gasteiger partial charge in [-0.2, -0.15) is 0 Å². The molecule has 2 rings (SSSR count). The minimum Gasteiger partial charge on any atom is -0.469 e. The van der Waals surface area contributed by atoms with Crippen LogP contribution >= 0.6 is 0 Å². The van der Waals surface area contributed by atoms with Gasteiger partial charge in [0.15, 0.2) is 0 Å². The van der Waals surface area contributed by atoms with E-state index in [1.54, 1.807) is 0 Å². The Kier molecular flexibility index (Phi) is 3.36. The molecular formula is C14H19NO2. The molecule has 0 saturated heterocycles. The van der Waals surface area contributed by atoms with E-state index in [0.717, 1.165) is 31.5 Å². The third-order valence-electron chi connectivity index (χ3n) is 3.76. The number of nitrogens with one attached hydrogen (secondary N) is 1. The molecule has 0 aliphatic carbocycles. The van der Waals surface area contributed by atoms with Crippen molar-refractivity contribution >= 4 is 11.7 Å². The average molecular weight is 233 g/mol. The van der Waals surface area contributed by atoms with E-state index in [9.17, 15) is 4.79 Å². The van der Waals surface area contributed by atoms with Gasteiger partial charge in [0.1, 0.15) is 0 Å². The molecule has 92 valence electrons. The molecule has 1 heterocycles. The van der Waals surface area contributed by atoms with Gasteiger partial charge in [-0.25, -0.2) is 0 Å². The minimum absolute atomic E-state index is 0.0847. The average Bonchev–Trinajstić information content (AvgIpc) is 2.57. The number of benzene rings is 1. The lowest BCUT2D eigenvalue weighted by Gasteiger charge is -2.28. The van der Waals surface area contributed by atoms with Crippen molar-refractivity contribution in [3.05, 3.63) is 29.8 Å². The normalized spacial score (nSPS) is 23.2. The molecule has 1 atom stereocenters. The fourth-order valence-corrected chi connectivity index (χ4v) is 2.57. The maximum Gasteiger partial charge on any atom is 0.312 e. The number of rotatable bonds is 2. The topological polar surface area (TPSA) is 38.3 Å². The first-order valence-corrected chi connectivity index (χ1v) is 6.12. The number of methoxy groups -OCH3 is 1. The van der Waals surface area contributed by atoms with E-state index in [4.69, 9.17) is 4.74 Å². The highest BCUT2D eigenvalue weighted by molar-refractivity contribution is 5.78. The number of para-hydroxylation sites is 1. The molecule has 0 spiro atoms. The SMILES string of the molecule is CCC1(C(=O)OC)CCNc2ccccc2C1. The Hall–Kier alpha value is -1.51. The molecule has 1 aliphatic heterocycles. The molecule has 1 unspecified atom stereocenters. The first kappa shape index (κ1) is 12.0. The van der Waals surface area contributed by atoms with Gasteiger partial charge in [0.2, 0.25) is 0 Å². The van der Waals surface area contributed by atoms with Gasteiger partial charge in [-0.3, -0.25) is 4.79 Å². The Labute approximate surface area is 102 Å². The maximum atomic E-state index is 12.0. The van der Waals surface area contributed by atoms with Crippen LogP contribution in [-0.4, -0.2) is 19.6 Å².